The quantitative estimate of drug-likeness (QED) is 0.134. The maximum absolute atomic E-state index is 12.1. The average Bonchev–Trinajstić information content (AvgIpc) is 2.57. The van der Waals surface area contributed by atoms with Gasteiger partial charge in [0.2, 0.25) is 0 Å². The van der Waals surface area contributed by atoms with Crippen molar-refractivity contribution >= 4 is 32.8 Å². The van der Waals surface area contributed by atoms with E-state index in [0.717, 1.165) is 0 Å². The van der Waals surface area contributed by atoms with Crippen molar-refractivity contribution < 1.29 is 38.6 Å². The zero-order valence-corrected chi connectivity index (χ0v) is 16.8. The van der Waals surface area contributed by atoms with E-state index in [0.29, 0.717) is 18.1 Å². The Morgan fingerprint density at radius 1 is 1.11 bits per heavy atom. The number of urea groups is 1. The molecule has 5 N–H and O–H groups in total. The van der Waals surface area contributed by atoms with E-state index < -0.39 is 32.7 Å². The van der Waals surface area contributed by atoms with Crippen LogP contribution in [-0.4, -0.2) is 95.8 Å². The van der Waals surface area contributed by atoms with Crippen LogP contribution in [0, 0.1) is 4.91 Å². The van der Waals surface area contributed by atoms with E-state index in [9.17, 15) is 23.9 Å². The van der Waals surface area contributed by atoms with Crippen molar-refractivity contribution in [1.29, 1.82) is 0 Å². The zero-order valence-electron chi connectivity index (χ0n) is 14.3. The Kier molecular flexibility index (Phi) is 8.80. The molecule has 27 heavy (non-hydrogen) atoms. The van der Waals surface area contributed by atoms with Gasteiger partial charge in [0.1, 0.15) is 0 Å². The third-order valence-corrected chi connectivity index (χ3v) is 8.22. The summed E-state index contributed by atoms with van der Waals surface area (Å²) in [5, 5.41) is 9.72. The monoisotopic (exact) mass is 452 g/mol. The number of nitroso groups, excluding NO2 is 1. The first-order chi connectivity index (χ1) is 12.4. The fourth-order valence-corrected chi connectivity index (χ4v) is 4.99. The Balaban J connectivity index is 2.54. The Hall–Kier alpha value is -0.620. The third kappa shape index (κ3) is 6.18. The maximum atomic E-state index is 12.1. The molecule has 1 fully saturated rings. The number of halogens is 1. The fourth-order valence-electron chi connectivity index (χ4n) is 2.58. The van der Waals surface area contributed by atoms with E-state index in [4.69, 9.17) is 31.2 Å². The summed E-state index contributed by atoms with van der Waals surface area (Å²) < 4.78 is 22.6. The minimum Gasteiger partial charge on any atom is -0.368 e. The lowest BCUT2D eigenvalue weighted by atomic mass is 10.2. The molecule has 0 spiro atoms. The largest absolute Gasteiger partial charge is 0.369 e. The summed E-state index contributed by atoms with van der Waals surface area (Å²) in [4.78, 5) is 62.3. The summed E-state index contributed by atoms with van der Waals surface area (Å²) in [6.07, 6.45) is -0.881. The highest BCUT2D eigenvalue weighted by molar-refractivity contribution is 7.72. The van der Waals surface area contributed by atoms with Gasteiger partial charge in [-0.1, -0.05) is 0 Å². The van der Waals surface area contributed by atoms with Gasteiger partial charge in [0.05, 0.1) is 11.8 Å². The molecule has 1 saturated heterocycles. The van der Waals surface area contributed by atoms with E-state index in [1.165, 1.54) is 4.90 Å². The number of hydrogen-bond acceptors (Lipinski definition) is 7. The maximum Gasteiger partial charge on any atom is 0.369 e. The van der Waals surface area contributed by atoms with Crippen LogP contribution in [0.5, 0.6) is 0 Å². The summed E-state index contributed by atoms with van der Waals surface area (Å²) in [5.74, 6) is 0.0551. The standard InChI is InChI=1S/C11H23ClN4O9P2/c12-3-5-16(13-19)10(17)15-8-6-14(7-9-15)4-1-2-11(18,26(20,21)22)27(23,24)25/h18H,1-9H2,(H2,20,21,22)(H2,23,24,25). The summed E-state index contributed by atoms with van der Waals surface area (Å²) in [6, 6.07) is -0.581. The summed E-state index contributed by atoms with van der Waals surface area (Å²) in [7, 11) is -10.9. The Labute approximate surface area is 160 Å². The average molecular weight is 453 g/mol. The van der Waals surface area contributed by atoms with Crippen molar-refractivity contribution in [2.24, 2.45) is 5.29 Å². The molecule has 158 valence electrons. The number of amides is 2. The zero-order chi connectivity index (χ0) is 20.9. The van der Waals surface area contributed by atoms with Gasteiger partial charge in [-0.3, -0.25) is 14.0 Å². The van der Waals surface area contributed by atoms with Crippen LogP contribution in [0.2, 0.25) is 0 Å². The van der Waals surface area contributed by atoms with Gasteiger partial charge in [0.15, 0.2) is 0 Å². The highest BCUT2D eigenvalue weighted by Gasteiger charge is 2.58. The van der Waals surface area contributed by atoms with Gasteiger partial charge in [0, 0.05) is 38.5 Å². The number of hydrogen-bond donors (Lipinski definition) is 5. The molecule has 0 atom stereocenters. The predicted octanol–water partition coefficient (Wildman–Crippen LogP) is -0.272. The number of aliphatic hydroxyl groups is 1. The predicted molar refractivity (Wildman–Crippen MR) is 94.9 cm³/mol. The number of alkyl halides is 1. The van der Waals surface area contributed by atoms with Crippen molar-refractivity contribution in [3.05, 3.63) is 4.91 Å². The molecule has 1 heterocycles. The van der Waals surface area contributed by atoms with E-state index in [2.05, 4.69) is 5.29 Å². The molecule has 0 unspecified atom stereocenters. The first-order valence-corrected chi connectivity index (χ1v) is 11.6. The van der Waals surface area contributed by atoms with Gasteiger partial charge >= 0.3 is 21.2 Å². The lowest BCUT2D eigenvalue weighted by Crippen LogP contribution is -2.52. The van der Waals surface area contributed by atoms with E-state index >= 15 is 0 Å². The van der Waals surface area contributed by atoms with Crippen molar-refractivity contribution in [2.75, 3.05) is 45.1 Å². The molecule has 0 bridgehead atoms. The molecule has 1 aliphatic rings. The third-order valence-electron chi connectivity index (χ3n) is 4.18. The second-order valence-electron chi connectivity index (χ2n) is 5.97. The second kappa shape index (κ2) is 9.73. The number of nitrogens with zero attached hydrogens (tertiary/aromatic N) is 4. The first kappa shape index (κ1) is 24.4. The van der Waals surface area contributed by atoms with Crippen LogP contribution in [0.3, 0.4) is 0 Å². The van der Waals surface area contributed by atoms with Crippen LogP contribution >= 0.6 is 26.8 Å². The SMILES string of the molecule is O=NN(CCCl)C(=O)N1CCN(CCCC(O)(P(=O)(O)O)P(=O)(O)O)CC1. The normalized spacial score (nSPS) is 17.0. The van der Waals surface area contributed by atoms with Crippen molar-refractivity contribution in [3.8, 4) is 0 Å². The molecule has 1 aliphatic heterocycles. The minimum absolute atomic E-state index is 0.0204. The molecule has 0 aromatic carbocycles. The highest BCUT2D eigenvalue weighted by Crippen LogP contribution is 2.69. The molecular weight excluding hydrogens is 430 g/mol. The van der Waals surface area contributed by atoms with E-state index in [1.54, 1.807) is 4.90 Å². The molecule has 1 rings (SSSR count). The van der Waals surface area contributed by atoms with Crippen LogP contribution in [0.15, 0.2) is 5.29 Å². The van der Waals surface area contributed by atoms with Crippen molar-refractivity contribution in [3.63, 3.8) is 0 Å². The highest BCUT2D eigenvalue weighted by atomic mass is 35.5. The van der Waals surface area contributed by atoms with Gasteiger partial charge in [-0.25, -0.2) is 4.79 Å². The molecule has 16 heteroatoms. The van der Waals surface area contributed by atoms with Gasteiger partial charge in [0.25, 0.3) is 5.08 Å². The van der Waals surface area contributed by atoms with Crippen LogP contribution in [0.4, 0.5) is 4.79 Å². The van der Waals surface area contributed by atoms with Crippen LogP contribution in [-0.2, 0) is 9.13 Å². The Bertz CT molecular complexity index is 597. The van der Waals surface area contributed by atoms with E-state index in [-0.39, 0.29) is 38.5 Å². The molecular formula is C11H23ClN4O9P2. The number of carbonyl (C=O) groups is 1. The smallest absolute Gasteiger partial charge is 0.368 e. The number of rotatable bonds is 9. The van der Waals surface area contributed by atoms with Crippen LogP contribution in [0.1, 0.15) is 12.8 Å². The van der Waals surface area contributed by atoms with Crippen molar-refractivity contribution in [2.45, 2.75) is 17.9 Å². The lowest BCUT2D eigenvalue weighted by Gasteiger charge is -2.36. The second-order valence-corrected chi connectivity index (χ2v) is 10.4. The first-order valence-electron chi connectivity index (χ1n) is 7.89. The molecule has 0 radical (unpaired) electrons. The lowest BCUT2D eigenvalue weighted by molar-refractivity contribution is 0.100. The molecule has 2 amide bonds. The minimum atomic E-state index is -5.46. The van der Waals surface area contributed by atoms with Gasteiger partial charge in [-0.05, 0) is 13.0 Å². The number of piperazine rings is 1. The Morgan fingerprint density at radius 3 is 2.04 bits per heavy atom. The van der Waals surface area contributed by atoms with Gasteiger partial charge in [-0.2, -0.15) is 5.01 Å². The molecule has 0 saturated carbocycles. The number of carbonyl (C=O) groups excluding carboxylic acids is 1. The van der Waals surface area contributed by atoms with E-state index in [1.807, 2.05) is 0 Å². The van der Waals surface area contributed by atoms with Gasteiger partial charge < -0.3 is 29.6 Å². The molecule has 0 aliphatic carbocycles. The van der Waals surface area contributed by atoms with Crippen molar-refractivity contribution in [1.82, 2.24) is 14.8 Å². The fraction of sp³-hybridized carbons (Fsp3) is 0.909. The Morgan fingerprint density at radius 2 is 1.63 bits per heavy atom. The van der Waals surface area contributed by atoms with Gasteiger partial charge in [-0.15, -0.1) is 16.5 Å². The topological polar surface area (TPSA) is 192 Å². The molecule has 0 aromatic rings. The van der Waals surface area contributed by atoms with Crippen LogP contribution < -0.4 is 0 Å². The summed E-state index contributed by atoms with van der Waals surface area (Å²) in [5.41, 5.74) is 0. The summed E-state index contributed by atoms with van der Waals surface area (Å²) >= 11 is 5.49. The molecule has 0 aromatic heterocycles. The van der Waals surface area contributed by atoms with Crippen LogP contribution in [0.25, 0.3) is 0 Å². The molecule has 13 nitrogen and oxygen atoms in total. The summed E-state index contributed by atoms with van der Waals surface area (Å²) in [6.45, 7) is 1.42.